The van der Waals surface area contributed by atoms with E-state index in [-0.39, 0.29) is 31.4 Å². The maximum absolute atomic E-state index is 12.2. The highest BCUT2D eigenvalue weighted by Crippen LogP contribution is 2.27. The number of carbonyl (C=O) groups is 3. The standard InChI is InChI=1S/C21H22N2O5/c1-27-18-9-7-17(8-10-18)23-13-16(11-20(23)25)21(26)28-14-19(24)22-12-15-5-3-2-4-6-15/h2-10,16H,11-14H2,1H3,(H,22,24)/t16-/m0/s1. The Morgan fingerprint density at radius 2 is 1.82 bits per heavy atom. The molecule has 2 aromatic rings. The van der Waals surface area contributed by atoms with E-state index < -0.39 is 11.9 Å². The summed E-state index contributed by atoms with van der Waals surface area (Å²) in [6, 6.07) is 16.5. The summed E-state index contributed by atoms with van der Waals surface area (Å²) in [5.41, 5.74) is 1.65. The fourth-order valence-corrected chi connectivity index (χ4v) is 2.98. The number of amides is 2. The molecule has 2 aromatic carbocycles. The number of methoxy groups -OCH3 is 1. The third kappa shape index (κ3) is 4.88. The molecule has 1 aliphatic rings. The minimum atomic E-state index is -0.587. The van der Waals surface area contributed by atoms with E-state index in [1.807, 2.05) is 30.3 Å². The van der Waals surface area contributed by atoms with Gasteiger partial charge in [-0.05, 0) is 29.8 Å². The van der Waals surface area contributed by atoms with Crippen LogP contribution in [0.4, 0.5) is 5.69 Å². The summed E-state index contributed by atoms with van der Waals surface area (Å²) in [6.45, 7) is 0.235. The summed E-state index contributed by atoms with van der Waals surface area (Å²) < 4.78 is 10.2. The Bertz CT molecular complexity index is 836. The fraction of sp³-hybridized carbons (Fsp3) is 0.286. The van der Waals surface area contributed by atoms with Crippen molar-refractivity contribution in [3.05, 3.63) is 60.2 Å². The summed E-state index contributed by atoms with van der Waals surface area (Å²) in [7, 11) is 1.57. The third-order valence-electron chi connectivity index (χ3n) is 4.52. The van der Waals surface area contributed by atoms with Gasteiger partial charge < -0.3 is 19.7 Å². The van der Waals surface area contributed by atoms with Crippen molar-refractivity contribution >= 4 is 23.5 Å². The van der Waals surface area contributed by atoms with Crippen LogP contribution in [0.2, 0.25) is 0 Å². The van der Waals surface area contributed by atoms with Gasteiger partial charge in [0.1, 0.15) is 5.75 Å². The molecular weight excluding hydrogens is 360 g/mol. The van der Waals surface area contributed by atoms with Gasteiger partial charge in [0.2, 0.25) is 5.91 Å². The van der Waals surface area contributed by atoms with E-state index in [0.717, 1.165) is 5.56 Å². The van der Waals surface area contributed by atoms with Crippen molar-refractivity contribution < 1.29 is 23.9 Å². The van der Waals surface area contributed by atoms with Crippen molar-refractivity contribution in [2.24, 2.45) is 5.92 Å². The van der Waals surface area contributed by atoms with Crippen molar-refractivity contribution in [3.8, 4) is 5.75 Å². The van der Waals surface area contributed by atoms with Crippen LogP contribution in [0.5, 0.6) is 5.75 Å². The molecule has 7 heteroatoms. The van der Waals surface area contributed by atoms with Gasteiger partial charge in [0.15, 0.2) is 6.61 Å². The summed E-state index contributed by atoms with van der Waals surface area (Å²) in [4.78, 5) is 37.9. The Hall–Kier alpha value is -3.35. The molecule has 0 saturated carbocycles. The fourth-order valence-electron chi connectivity index (χ4n) is 2.98. The number of nitrogens with zero attached hydrogens (tertiary/aromatic N) is 1. The van der Waals surface area contributed by atoms with Crippen LogP contribution in [0.25, 0.3) is 0 Å². The molecule has 0 aromatic heterocycles. The number of benzene rings is 2. The highest BCUT2D eigenvalue weighted by Gasteiger charge is 2.36. The largest absolute Gasteiger partial charge is 0.497 e. The zero-order chi connectivity index (χ0) is 19.9. The van der Waals surface area contributed by atoms with Crippen LogP contribution in [0, 0.1) is 5.92 Å². The maximum Gasteiger partial charge on any atom is 0.311 e. The van der Waals surface area contributed by atoms with E-state index in [1.54, 1.807) is 36.3 Å². The Kier molecular flexibility index (Phi) is 6.26. The van der Waals surface area contributed by atoms with E-state index in [0.29, 0.717) is 18.0 Å². The van der Waals surface area contributed by atoms with Gasteiger partial charge in [-0.3, -0.25) is 14.4 Å². The molecule has 146 valence electrons. The normalized spacial score (nSPS) is 16.0. The predicted octanol–water partition coefficient (Wildman–Crippen LogP) is 1.91. The number of carbonyl (C=O) groups excluding carboxylic acids is 3. The molecule has 0 spiro atoms. The molecule has 1 heterocycles. The van der Waals surface area contributed by atoms with Crippen molar-refractivity contribution in [2.45, 2.75) is 13.0 Å². The molecule has 1 aliphatic heterocycles. The van der Waals surface area contributed by atoms with E-state index in [9.17, 15) is 14.4 Å². The minimum Gasteiger partial charge on any atom is -0.497 e. The molecule has 0 bridgehead atoms. The summed E-state index contributed by atoms with van der Waals surface area (Å²) in [5.74, 6) is -0.974. The Morgan fingerprint density at radius 3 is 2.50 bits per heavy atom. The van der Waals surface area contributed by atoms with Crippen LogP contribution in [0.3, 0.4) is 0 Å². The summed E-state index contributed by atoms with van der Waals surface area (Å²) in [6.07, 6.45) is 0.0660. The number of esters is 1. The van der Waals surface area contributed by atoms with Crippen LogP contribution < -0.4 is 15.0 Å². The smallest absolute Gasteiger partial charge is 0.311 e. The molecule has 28 heavy (non-hydrogen) atoms. The quantitative estimate of drug-likeness (QED) is 0.740. The van der Waals surface area contributed by atoms with Gasteiger partial charge in [0, 0.05) is 25.2 Å². The van der Waals surface area contributed by atoms with Crippen LogP contribution >= 0.6 is 0 Å². The number of hydrogen-bond acceptors (Lipinski definition) is 5. The first-order valence-corrected chi connectivity index (χ1v) is 8.98. The first-order valence-electron chi connectivity index (χ1n) is 8.98. The highest BCUT2D eigenvalue weighted by atomic mass is 16.5. The van der Waals surface area contributed by atoms with Gasteiger partial charge in [-0.25, -0.2) is 0 Å². The zero-order valence-corrected chi connectivity index (χ0v) is 15.6. The SMILES string of the molecule is COc1ccc(N2C[C@@H](C(=O)OCC(=O)NCc3ccccc3)CC2=O)cc1. The second-order valence-electron chi connectivity index (χ2n) is 6.47. The maximum atomic E-state index is 12.2. The molecule has 1 fully saturated rings. The van der Waals surface area contributed by atoms with Crippen LogP contribution in [-0.2, 0) is 25.7 Å². The highest BCUT2D eigenvalue weighted by molar-refractivity contribution is 5.99. The Balaban J connectivity index is 1.46. The lowest BCUT2D eigenvalue weighted by molar-refractivity contribution is -0.152. The molecule has 1 atom stereocenters. The van der Waals surface area contributed by atoms with Gasteiger partial charge >= 0.3 is 5.97 Å². The molecule has 2 amide bonds. The number of anilines is 1. The predicted molar refractivity (Wildman–Crippen MR) is 103 cm³/mol. The van der Waals surface area contributed by atoms with Crippen LogP contribution in [-0.4, -0.2) is 38.0 Å². The van der Waals surface area contributed by atoms with Crippen molar-refractivity contribution in [1.29, 1.82) is 0 Å². The average Bonchev–Trinajstić information content (AvgIpc) is 3.13. The van der Waals surface area contributed by atoms with Gasteiger partial charge in [0.05, 0.1) is 13.0 Å². The molecule has 7 nitrogen and oxygen atoms in total. The van der Waals surface area contributed by atoms with E-state index in [4.69, 9.17) is 9.47 Å². The molecule has 0 unspecified atom stereocenters. The first-order chi connectivity index (χ1) is 13.6. The van der Waals surface area contributed by atoms with Gasteiger partial charge in [-0.15, -0.1) is 0 Å². The van der Waals surface area contributed by atoms with E-state index in [1.165, 1.54) is 0 Å². The lowest BCUT2D eigenvalue weighted by Gasteiger charge is -2.16. The van der Waals surface area contributed by atoms with Crippen molar-refractivity contribution in [2.75, 3.05) is 25.2 Å². The van der Waals surface area contributed by atoms with E-state index in [2.05, 4.69) is 5.32 Å². The topological polar surface area (TPSA) is 84.9 Å². The van der Waals surface area contributed by atoms with Gasteiger partial charge in [0.25, 0.3) is 5.91 Å². The third-order valence-corrected chi connectivity index (χ3v) is 4.52. The monoisotopic (exact) mass is 382 g/mol. The number of rotatable bonds is 7. The average molecular weight is 382 g/mol. The van der Waals surface area contributed by atoms with Crippen molar-refractivity contribution in [3.63, 3.8) is 0 Å². The number of nitrogens with one attached hydrogen (secondary N) is 1. The lowest BCUT2D eigenvalue weighted by Crippen LogP contribution is -2.31. The first kappa shape index (κ1) is 19.4. The number of hydrogen-bond donors (Lipinski definition) is 1. The van der Waals surface area contributed by atoms with Crippen LogP contribution in [0.1, 0.15) is 12.0 Å². The summed E-state index contributed by atoms with van der Waals surface area (Å²) >= 11 is 0. The van der Waals surface area contributed by atoms with E-state index >= 15 is 0 Å². The van der Waals surface area contributed by atoms with Gasteiger partial charge in [-0.1, -0.05) is 30.3 Å². The summed E-state index contributed by atoms with van der Waals surface area (Å²) in [5, 5.41) is 2.69. The van der Waals surface area contributed by atoms with Crippen molar-refractivity contribution in [1.82, 2.24) is 5.32 Å². The molecule has 3 rings (SSSR count). The number of ether oxygens (including phenoxy) is 2. The Morgan fingerprint density at radius 1 is 1.11 bits per heavy atom. The minimum absolute atomic E-state index is 0.0660. The molecule has 0 aliphatic carbocycles. The second-order valence-corrected chi connectivity index (χ2v) is 6.47. The Labute approximate surface area is 163 Å². The molecule has 1 saturated heterocycles. The molecule has 1 N–H and O–H groups in total. The van der Waals surface area contributed by atoms with Gasteiger partial charge in [-0.2, -0.15) is 0 Å². The lowest BCUT2D eigenvalue weighted by atomic mass is 10.1. The molecule has 0 radical (unpaired) electrons. The second kappa shape index (κ2) is 9.03. The molecular formula is C21H22N2O5. The van der Waals surface area contributed by atoms with Crippen LogP contribution in [0.15, 0.2) is 54.6 Å². The zero-order valence-electron chi connectivity index (χ0n) is 15.6.